The van der Waals surface area contributed by atoms with Crippen molar-refractivity contribution in [2.24, 2.45) is 4.40 Å². The van der Waals surface area contributed by atoms with E-state index >= 15 is 0 Å². The van der Waals surface area contributed by atoms with Gasteiger partial charge in [0.2, 0.25) is 0 Å². The molecule has 1 amide bonds. The molecule has 9 heteroatoms. The van der Waals surface area contributed by atoms with Crippen LogP contribution in [0.5, 0.6) is 0 Å². The van der Waals surface area contributed by atoms with Crippen molar-refractivity contribution in [3.05, 3.63) is 60.2 Å². The molecule has 0 bridgehead atoms. The maximum absolute atomic E-state index is 13.1. The van der Waals surface area contributed by atoms with Crippen LogP contribution < -0.4 is 10.3 Å². The minimum atomic E-state index is -3.74. The van der Waals surface area contributed by atoms with Crippen molar-refractivity contribution in [1.82, 2.24) is 15.3 Å². The van der Waals surface area contributed by atoms with Crippen molar-refractivity contribution in [3.8, 4) is 0 Å². The molecule has 31 heavy (non-hydrogen) atoms. The summed E-state index contributed by atoms with van der Waals surface area (Å²) in [5, 5.41) is 1.41. The maximum atomic E-state index is 13.1. The molecule has 0 aliphatic carbocycles. The van der Waals surface area contributed by atoms with Gasteiger partial charge in [0.05, 0.1) is 6.04 Å². The Balaban J connectivity index is 1.41. The first-order chi connectivity index (χ1) is 14.9. The van der Waals surface area contributed by atoms with Crippen LogP contribution in [0.15, 0.2) is 63.9 Å². The van der Waals surface area contributed by atoms with Gasteiger partial charge in [-0.05, 0) is 30.7 Å². The van der Waals surface area contributed by atoms with Gasteiger partial charge in [-0.25, -0.2) is 0 Å². The Hall–Kier alpha value is -2.91. The molecule has 1 N–H and O–H groups in total. The zero-order valence-corrected chi connectivity index (χ0v) is 18.5. The van der Waals surface area contributed by atoms with Gasteiger partial charge in [0.15, 0.2) is 5.84 Å². The lowest BCUT2D eigenvalue weighted by atomic mass is 10.1. The predicted molar refractivity (Wildman–Crippen MR) is 120 cm³/mol. The van der Waals surface area contributed by atoms with Crippen LogP contribution in [0.4, 0.5) is 5.69 Å². The van der Waals surface area contributed by atoms with Crippen LogP contribution in [0.25, 0.3) is 0 Å². The second-order valence-corrected chi connectivity index (χ2v) is 9.28. The first kappa shape index (κ1) is 21.3. The monoisotopic (exact) mass is 441 g/mol. The number of nitrogens with zero attached hydrogens (tertiary/aromatic N) is 4. The standard InChI is InChI=1S/C22H27N5O3S/c1-3-19(27-15-13-26(14-16-27)17-9-5-4-6-10-17)22(28)23-25(2)21-18-11-7-8-12-20(18)31(29,30)24-21/h4-12,19H,3,13-16H2,1-2H3,(H,23,28). The molecule has 2 heterocycles. The molecule has 164 valence electrons. The SMILES string of the molecule is CCC(C(=O)NN(C)C1=NS(=O)(=O)c2ccccc21)N1CCN(c2ccccc2)CC1. The summed E-state index contributed by atoms with van der Waals surface area (Å²) in [6, 6.07) is 16.6. The topological polar surface area (TPSA) is 85.3 Å². The largest absolute Gasteiger partial charge is 0.369 e. The van der Waals surface area contributed by atoms with Gasteiger partial charge in [-0.1, -0.05) is 37.3 Å². The van der Waals surface area contributed by atoms with E-state index in [9.17, 15) is 13.2 Å². The van der Waals surface area contributed by atoms with E-state index in [0.29, 0.717) is 12.0 Å². The molecular weight excluding hydrogens is 414 g/mol. The number of sulfonamides is 1. The number of piperazine rings is 1. The number of rotatable bonds is 4. The van der Waals surface area contributed by atoms with Gasteiger partial charge >= 0.3 is 0 Å². The van der Waals surface area contributed by atoms with Crippen molar-refractivity contribution >= 4 is 27.5 Å². The molecule has 8 nitrogen and oxygen atoms in total. The van der Waals surface area contributed by atoms with Gasteiger partial charge in [0, 0.05) is 44.5 Å². The summed E-state index contributed by atoms with van der Waals surface area (Å²) < 4.78 is 28.5. The number of carbonyl (C=O) groups excluding carboxylic acids is 1. The summed E-state index contributed by atoms with van der Waals surface area (Å²) >= 11 is 0. The Morgan fingerprint density at radius 2 is 1.71 bits per heavy atom. The molecule has 2 aromatic carbocycles. The number of hydrogen-bond donors (Lipinski definition) is 1. The van der Waals surface area contributed by atoms with Crippen LogP contribution in [0.2, 0.25) is 0 Å². The molecule has 2 aliphatic rings. The lowest BCUT2D eigenvalue weighted by Gasteiger charge is -2.39. The Kier molecular flexibility index (Phi) is 5.97. The van der Waals surface area contributed by atoms with Crippen LogP contribution in [-0.4, -0.2) is 69.3 Å². The van der Waals surface area contributed by atoms with E-state index in [4.69, 9.17) is 0 Å². The highest BCUT2D eigenvalue weighted by Crippen LogP contribution is 2.26. The summed E-state index contributed by atoms with van der Waals surface area (Å²) in [7, 11) is -2.12. The second-order valence-electron chi connectivity index (χ2n) is 7.70. The highest BCUT2D eigenvalue weighted by atomic mass is 32.2. The minimum absolute atomic E-state index is 0.162. The highest BCUT2D eigenvalue weighted by molar-refractivity contribution is 7.90. The van der Waals surface area contributed by atoms with Crippen LogP contribution >= 0.6 is 0 Å². The minimum Gasteiger partial charge on any atom is -0.369 e. The molecule has 1 unspecified atom stereocenters. The fourth-order valence-electron chi connectivity index (χ4n) is 4.16. The third-order valence-corrected chi connectivity index (χ3v) is 7.10. The quantitative estimate of drug-likeness (QED) is 0.727. The Morgan fingerprint density at radius 3 is 2.39 bits per heavy atom. The molecule has 1 fully saturated rings. The van der Waals surface area contributed by atoms with E-state index < -0.39 is 10.0 Å². The van der Waals surface area contributed by atoms with Crippen LogP contribution in [0, 0.1) is 0 Å². The van der Waals surface area contributed by atoms with Crippen LogP contribution in [0.1, 0.15) is 18.9 Å². The number of benzene rings is 2. The number of carbonyl (C=O) groups is 1. The van der Waals surface area contributed by atoms with E-state index in [2.05, 4.69) is 31.8 Å². The number of para-hydroxylation sites is 1. The Labute approximate surface area is 183 Å². The van der Waals surface area contributed by atoms with Crippen molar-refractivity contribution in [3.63, 3.8) is 0 Å². The number of hydrazine groups is 1. The number of nitrogens with one attached hydrogen (secondary N) is 1. The van der Waals surface area contributed by atoms with Crippen LogP contribution in [0.3, 0.4) is 0 Å². The van der Waals surface area contributed by atoms with E-state index in [1.807, 2.05) is 25.1 Å². The van der Waals surface area contributed by atoms with Gasteiger partial charge in [0.1, 0.15) is 4.90 Å². The van der Waals surface area contributed by atoms with Gasteiger partial charge in [-0.2, -0.15) is 8.42 Å². The second kappa shape index (κ2) is 8.68. The number of anilines is 1. The van der Waals surface area contributed by atoms with Crippen molar-refractivity contribution < 1.29 is 13.2 Å². The van der Waals surface area contributed by atoms with Gasteiger partial charge in [-0.15, -0.1) is 4.40 Å². The summed E-state index contributed by atoms with van der Waals surface area (Å²) in [6.07, 6.45) is 0.659. The van der Waals surface area contributed by atoms with E-state index in [0.717, 1.165) is 26.2 Å². The molecule has 0 spiro atoms. The van der Waals surface area contributed by atoms with E-state index in [1.54, 1.807) is 25.2 Å². The molecule has 0 radical (unpaired) electrons. The van der Waals surface area contributed by atoms with Gasteiger partial charge < -0.3 is 4.90 Å². The third-order valence-electron chi connectivity index (χ3n) is 5.77. The molecular formula is C22H27N5O3S. The zero-order chi connectivity index (χ0) is 22.0. The highest BCUT2D eigenvalue weighted by Gasteiger charge is 2.33. The van der Waals surface area contributed by atoms with Gasteiger partial charge in [-0.3, -0.25) is 20.1 Å². The van der Waals surface area contributed by atoms with E-state index in [1.165, 1.54) is 16.8 Å². The first-order valence-electron chi connectivity index (χ1n) is 10.4. The van der Waals surface area contributed by atoms with Crippen LogP contribution in [-0.2, 0) is 14.8 Å². The predicted octanol–water partition coefficient (Wildman–Crippen LogP) is 1.70. The molecule has 2 aliphatic heterocycles. The Bertz CT molecular complexity index is 1080. The van der Waals surface area contributed by atoms with Crippen molar-refractivity contribution in [1.29, 1.82) is 0 Å². The lowest BCUT2D eigenvalue weighted by molar-refractivity contribution is -0.129. The number of amidine groups is 1. The number of fused-ring (bicyclic) bond motifs is 1. The molecule has 0 saturated carbocycles. The lowest BCUT2D eigenvalue weighted by Crippen LogP contribution is -2.57. The number of hydrogen-bond acceptors (Lipinski definition) is 6. The van der Waals surface area contributed by atoms with Gasteiger partial charge in [0.25, 0.3) is 15.9 Å². The van der Waals surface area contributed by atoms with Crippen molar-refractivity contribution in [2.75, 3.05) is 38.1 Å². The normalized spacial score (nSPS) is 18.8. The molecule has 2 aromatic rings. The summed E-state index contributed by atoms with van der Waals surface area (Å²) in [5.41, 5.74) is 4.52. The fraction of sp³-hybridized carbons (Fsp3) is 0.364. The maximum Gasteiger partial charge on any atom is 0.285 e. The first-order valence-corrected chi connectivity index (χ1v) is 11.9. The Morgan fingerprint density at radius 1 is 1.06 bits per heavy atom. The molecule has 4 rings (SSSR count). The number of amides is 1. The van der Waals surface area contributed by atoms with Crippen molar-refractivity contribution in [2.45, 2.75) is 24.3 Å². The zero-order valence-electron chi connectivity index (χ0n) is 17.7. The third kappa shape index (κ3) is 4.28. The summed E-state index contributed by atoms with van der Waals surface area (Å²) in [6.45, 7) is 5.25. The molecule has 0 aromatic heterocycles. The average Bonchev–Trinajstić information content (AvgIpc) is 3.07. The molecule has 1 atom stereocenters. The average molecular weight is 442 g/mol. The van der Waals surface area contributed by atoms with E-state index in [-0.39, 0.29) is 22.7 Å². The summed E-state index contributed by atoms with van der Waals surface area (Å²) in [4.78, 5) is 17.7. The fourth-order valence-corrected chi connectivity index (χ4v) is 5.40. The summed E-state index contributed by atoms with van der Waals surface area (Å²) in [5.74, 6) is 0.0651. The molecule has 1 saturated heterocycles. The smallest absolute Gasteiger partial charge is 0.285 e.